The standard InChI is InChI=1S/C15H18N2O5/c1-10(16-21-4)11(2)17-22-9-12-7-5-6-8-13(12)14(18)15(19)20-3/h5-8H,9H2,1-4H3. The van der Waals surface area contributed by atoms with Crippen molar-refractivity contribution >= 4 is 23.2 Å². The third-order valence-electron chi connectivity index (χ3n) is 2.81. The highest BCUT2D eigenvalue weighted by Crippen LogP contribution is 2.12. The molecule has 1 aromatic rings. The van der Waals surface area contributed by atoms with Crippen molar-refractivity contribution in [2.24, 2.45) is 10.3 Å². The van der Waals surface area contributed by atoms with Gasteiger partial charge in [0.05, 0.1) is 7.11 Å². The lowest BCUT2D eigenvalue weighted by Crippen LogP contribution is -2.17. The molecular formula is C15H18N2O5. The second-order valence-corrected chi connectivity index (χ2v) is 4.29. The predicted molar refractivity (Wildman–Crippen MR) is 80.8 cm³/mol. The van der Waals surface area contributed by atoms with Gasteiger partial charge in [-0.05, 0) is 13.8 Å². The molecule has 0 radical (unpaired) electrons. The molecule has 0 fully saturated rings. The van der Waals surface area contributed by atoms with Crippen LogP contribution in [-0.4, -0.2) is 37.4 Å². The largest absolute Gasteiger partial charge is 0.463 e. The summed E-state index contributed by atoms with van der Waals surface area (Å²) >= 11 is 0. The Labute approximate surface area is 128 Å². The van der Waals surface area contributed by atoms with E-state index >= 15 is 0 Å². The lowest BCUT2D eigenvalue weighted by atomic mass is 10.0. The summed E-state index contributed by atoms with van der Waals surface area (Å²) in [5.41, 5.74) is 1.88. The first kappa shape index (κ1) is 17.4. The van der Waals surface area contributed by atoms with Crippen LogP contribution in [0.25, 0.3) is 0 Å². The minimum absolute atomic E-state index is 0.0382. The number of ketones is 1. The molecule has 0 spiro atoms. The lowest BCUT2D eigenvalue weighted by Gasteiger charge is -2.07. The van der Waals surface area contributed by atoms with Crippen LogP contribution in [0.5, 0.6) is 0 Å². The average molecular weight is 306 g/mol. The Morgan fingerprint density at radius 2 is 1.68 bits per heavy atom. The summed E-state index contributed by atoms with van der Waals surface area (Å²) in [5, 5.41) is 7.60. The maximum Gasteiger partial charge on any atom is 0.379 e. The smallest absolute Gasteiger partial charge is 0.379 e. The molecule has 118 valence electrons. The van der Waals surface area contributed by atoms with Crippen molar-refractivity contribution in [2.75, 3.05) is 14.2 Å². The number of carbonyl (C=O) groups excluding carboxylic acids is 2. The van der Waals surface area contributed by atoms with Crippen molar-refractivity contribution in [1.29, 1.82) is 0 Å². The minimum Gasteiger partial charge on any atom is -0.463 e. The number of ether oxygens (including phenoxy) is 1. The zero-order chi connectivity index (χ0) is 16.5. The molecule has 0 unspecified atom stereocenters. The van der Waals surface area contributed by atoms with Gasteiger partial charge in [0.15, 0.2) is 0 Å². The van der Waals surface area contributed by atoms with Gasteiger partial charge in [-0.2, -0.15) is 0 Å². The number of oxime groups is 2. The van der Waals surface area contributed by atoms with Gasteiger partial charge in [-0.1, -0.05) is 34.6 Å². The summed E-state index contributed by atoms with van der Waals surface area (Å²) in [5.74, 6) is -1.64. The third kappa shape index (κ3) is 4.69. The SMILES string of the molecule is CON=C(C)C(C)=NOCc1ccccc1C(=O)C(=O)OC. The van der Waals surface area contributed by atoms with E-state index in [1.54, 1.807) is 32.0 Å². The number of rotatable bonds is 7. The molecule has 0 saturated carbocycles. The molecule has 1 rings (SSSR count). The molecule has 0 aliphatic carbocycles. The Kier molecular flexibility index (Phi) is 6.75. The summed E-state index contributed by atoms with van der Waals surface area (Å²) < 4.78 is 4.44. The monoisotopic (exact) mass is 306 g/mol. The van der Waals surface area contributed by atoms with Crippen LogP contribution in [0, 0.1) is 0 Å². The highest BCUT2D eigenvalue weighted by atomic mass is 16.6. The Balaban J connectivity index is 2.83. The van der Waals surface area contributed by atoms with Gasteiger partial charge in [0.25, 0.3) is 5.78 Å². The van der Waals surface area contributed by atoms with Crippen LogP contribution in [-0.2, 0) is 25.8 Å². The van der Waals surface area contributed by atoms with Crippen LogP contribution in [0.1, 0.15) is 29.8 Å². The van der Waals surface area contributed by atoms with Gasteiger partial charge in [-0.15, -0.1) is 0 Å². The first-order valence-electron chi connectivity index (χ1n) is 6.46. The summed E-state index contributed by atoms with van der Waals surface area (Å²) in [6.07, 6.45) is 0. The highest BCUT2D eigenvalue weighted by molar-refractivity contribution is 6.41. The van der Waals surface area contributed by atoms with E-state index in [0.29, 0.717) is 17.0 Å². The van der Waals surface area contributed by atoms with E-state index in [2.05, 4.69) is 19.9 Å². The molecule has 0 aliphatic heterocycles. The lowest BCUT2D eigenvalue weighted by molar-refractivity contribution is -0.135. The predicted octanol–water partition coefficient (Wildman–Crippen LogP) is 1.96. The van der Waals surface area contributed by atoms with Crippen LogP contribution < -0.4 is 0 Å². The van der Waals surface area contributed by atoms with Crippen LogP contribution >= 0.6 is 0 Å². The number of hydrogen-bond acceptors (Lipinski definition) is 7. The van der Waals surface area contributed by atoms with Crippen molar-refractivity contribution in [1.82, 2.24) is 0 Å². The van der Waals surface area contributed by atoms with E-state index in [1.807, 2.05) is 0 Å². The van der Waals surface area contributed by atoms with Crippen LogP contribution in [0.4, 0.5) is 0 Å². The topological polar surface area (TPSA) is 86.6 Å². The fraction of sp³-hybridized carbons (Fsp3) is 0.333. The second kappa shape index (κ2) is 8.56. The molecule has 0 aliphatic rings. The maximum absolute atomic E-state index is 11.9. The molecular weight excluding hydrogens is 288 g/mol. The number of methoxy groups -OCH3 is 1. The Morgan fingerprint density at radius 1 is 1.05 bits per heavy atom. The number of Topliss-reactive ketones (excluding diaryl/α,β-unsaturated/α-hetero) is 1. The van der Waals surface area contributed by atoms with Crippen molar-refractivity contribution in [3.05, 3.63) is 35.4 Å². The van der Waals surface area contributed by atoms with E-state index in [9.17, 15) is 9.59 Å². The first-order valence-corrected chi connectivity index (χ1v) is 6.46. The quantitative estimate of drug-likeness (QED) is 0.253. The normalized spacial score (nSPS) is 11.8. The number of esters is 1. The number of benzene rings is 1. The fourth-order valence-corrected chi connectivity index (χ4v) is 1.54. The highest BCUT2D eigenvalue weighted by Gasteiger charge is 2.19. The Morgan fingerprint density at radius 3 is 2.32 bits per heavy atom. The van der Waals surface area contributed by atoms with E-state index in [-0.39, 0.29) is 12.2 Å². The molecule has 7 nitrogen and oxygen atoms in total. The molecule has 0 saturated heterocycles. The van der Waals surface area contributed by atoms with Gasteiger partial charge in [0.2, 0.25) is 0 Å². The molecule has 1 aromatic carbocycles. The zero-order valence-electron chi connectivity index (χ0n) is 13.0. The molecule has 0 amide bonds. The van der Waals surface area contributed by atoms with Gasteiger partial charge >= 0.3 is 5.97 Å². The minimum atomic E-state index is -0.921. The third-order valence-corrected chi connectivity index (χ3v) is 2.81. The average Bonchev–Trinajstić information content (AvgIpc) is 2.54. The Bertz CT molecular complexity index is 608. The molecule has 22 heavy (non-hydrogen) atoms. The van der Waals surface area contributed by atoms with Crippen molar-refractivity contribution in [3.63, 3.8) is 0 Å². The first-order chi connectivity index (χ1) is 10.5. The molecule has 7 heteroatoms. The van der Waals surface area contributed by atoms with Gasteiger partial charge in [0.1, 0.15) is 25.1 Å². The van der Waals surface area contributed by atoms with E-state index in [0.717, 1.165) is 7.11 Å². The summed E-state index contributed by atoms with van der Waals surface area (Å²) in [6, 6.07) is 6.60. The zero-order valence-corrected chi connectivity index (χ0v) is 13.0. The van der Waals surface area contributed by atoms with Crippen LogP contribution in [0.15, 0.2) is 34.6 Å². The van der Waals surface area contributed by atoms with Crippen molar-refractivity contribution in [3.8, 4) is 0 Å². The number of carbonyl (C=O) groups is 2. The number of nitrogens with zero attached hydrogens (tertiary/aromatic N) is 2. The van der Waals surface area contributed by atoms with Crippen LogP contribution in [0.2, 0.25) is 0 Å². The summed E-state index contributed by atoms with van der Waals surface area (Å²) in [7, 11) is 2.59. The second-order valence-electron chi connectivity index (χ2n) is 4.29. The molecule has 0 bridgehead atoms. The van der Waals surface area contributed by atoms with Gasteiger partial charge in [-0.25, -0.2) is 4.79 Å². The van der Waals surface area contributed by atoms with Crippen molar-refractivity contribution < 1.29 is 24.0 Å². The van der Waals surface area contributed by atoms with Crippen LogP contribution in [0.3, 0.4) is 0 Å². The van der Waals surface area contributed by atoms with Crippen molar-refractivity contribution in [2.45, 2.75) is 20.5 Å². The van der Waals surface area contributed by atoms with Gasteiger partial charge in [-0.3, -0.25) is 4.79 Å². The maximum atomic E-state index is 11.9. The summed E-state index contributed by atoms with van der Waals surface area (Å²) in [6.45, 7) is 3.47. The summed E-state index contributed by atoms with van der Waals surface area (Å²) in [4.78, 5) is 33.1. The molecule has 0 aromatic heterocycles. The fourth-order valence-electron chi connectivity index (χ4n) is 1.54. The van der Waals surface area contributed by atoms with Gasteiger partial charge < -0.3 is 14.4 Å². The van der Waals surface area contributed by atoms with Gasteiger partial charge in [0, 0.05) is 11.1 Å². The molecule has 0 atom stereocenters. The van der Waals surface area contributed by atoms with E-state index in [4.69, 9.17) is 4.84 Å². The molecule has 0 heterocycles. The molecule has 0 N–H and O–H groups in total. The van der Waals surface area contributed by atoms with E-state index < -0.39 is 11.8 Å². The number of hydrogen-bond donors (Lipinski definition) is 0. The van der Waals surface area contributed by atoms with E-state index in [1.165, 1.54) is 13.2 Å². The Hall–Kier alpha value is -2.70.